The van der Waals surface area contributed by atoms with Gasteiger partial charge in [0.1, 0.15) is 5.25 Å². The van der Waals surface area contributed by atoms with E-state index in [0.717, 1.165) is 0 Å². The molecular formula is C21H20ClN3O4S. The molecule has 0 spiro atoms. The van der Waals surface area contributed by atoms with Crippen molar-refractivity contribution in [1.29, 1.82) is 0 Å². The average molecular weight is 446 g/mol. The van der Waals surface area contributed by atoms with Crippen molar-refractivity contribution in [1.82, 2.24) is 4.90 Å². The third kappa shape index (κ3) is 5.20. The Kier molecular flexibility index (Phi) is 7.12. The molecule has 0 radical (unpaired) electrons. The summed E-state index contributed by atoms with van der Waals surface area (Å²) in [4.78, 5) is 43.0. The minimum atomic E-state index is -0.618. The number of rotatable bonds is 5. The largest absolute Gasteiger partial charge is 0.465 e. The molecule has 9 heteroatoms. The molecule has 30 heavy (non-hydrogen) atoms. The van der Waals surface area contributed by atoms with E-state index >= 15 is 0 Å². The van der Waals surface area contributed by atoms with E-state index in [0.29, 0.717) is 33.7 Å². The molecular weight excluding hydrogens is 426 g/mol. The number of amides is 2. The number of benzene rings is 2. The van der Waals surface area contributed by atoms with Gasteiger partial charge in [-0.05, 0) is 49.4 Å². The first-order chi connectivity index (χ1) is 14.4. The summed E-state index contributed by atoms with van der Waals surface area (Å²) in [5.41, 5.74) is 1.53. The number of esters is 1. The average Bonchev–Trinajstić information content (AvgIpc) is 2.73. The van der Waals surface area contributed by atoms with E-state index in [1.807, 2.05) is 6.92 Å². The molecule has 7 nitrogen and oxygen atoms in total. The summed E-state index contributed by atoms with van der Waals surface area (Å²) < 4.78 is 4.69. The Morgan fingerprint density at radius 3 is 2.63 bits per heavy atom. The van der Waals surface area contributed by atoms with Gasteiger partial charge in [0.2, 0.25) is 11.8 Å². The second kappa shape index (κ2) is 9.77. The Balaban J connectivity index is 1.80. The molecule has 1 N–H and O–H groups in total. The molecule has 2 amide bonds. The first kappa shape index (κ1) is 21.9. The first-order valence-corrected chi connectivity index (χ1v) is 10.5. The highest BCUT2D eigenvalue weighted by Gasteiger charge is 2.35. The van der Waals surface area contributed by atoms with Gasteiger partial charge >= 0.3 is 5.97 Å². The van der Waals surface area contributed by atoms with Gasteiger partial charge in [-0.2, -0.15) is 0 Å². The highest BCUT2D eigenvalue weighted by atomic mass is 35.5. The Bertz CT molecular complexity index is 994. The summed E-state index contributed by atoms with van der Waals surface area (Å²) >= 11 is 7.19. The molecule has 1 heterocycles. The summed E-state index contributed by atoms with van der Waals surface area (Å²) in [6.45, 7) is 2.29. The second-order valence-electron chi connectivity index (χ2n) is 6.38. The number of anilines is 1. The Hall–Kier alpha value is -2.84. The molecule has 1 saturated heterocycles. The van der Waals surface area contributed by atoms with Crippen molar-refractivity contribution in [2.75, 3.05) is 19.0 Å². The highest BCUT2D eigenvalue weighted by Crippen LogP contribution is 2.30. The van der Waals surface area contributed by atoms with Gasteiger partial charge in [0, 0.05) is 23.7 Å². The molecule has 0 bridgehead atoms. The van der Waals surface area contributed by atoms with Crippen molar-refractivity contribution in [2.24, 2.45) is 4.99 Å². The molecule has 0 aromatic heterocycles. The Morgan fingerprint density at radius 2 is 2.00 bits per heavy atom. The van der Waals surface area contributed by atoms with E-state index in [4.69, 9.17) is 11.6 Å². The van der Waals surface area contributed by atoms with Crippen LogP contribution in [0.5, 0.6) is 0 Å². The number of hydrogen-bond acceptors (Lipinski definition) is 6. The number of hydrogen-bond donors (Lipinski definition) is 1. The van der Waals surface area contributed by atoms with Crippen molar-refractivity contribution in [3.8, 4) is 0 Å². The lowest BCUT2D eigenvalue weighted by molar-refractivity contribution is -0.129. The molecule has 0 saturated carbocycles. The van der Waals surface area contributed by atoms with Gasteiger partial charge in [0.25, 0.3) is 0 Å². The molecule has 0 aliphatic carbocycles. The predicted molar refractivity (Wildman–Crippen MR) is 118 cm³/mol. The number of halogens is 1. The van der Waals surface area contributed by atoms with E-state index in [1.165, 1.54) is 18.9 Å². The van der Waals surface area contributed by atoms with E-state index in [9.17, 15) is 14.4 Å². The highest BCUT2D eigenvalue weighted by molar-refractivity contribution is 8.15. The van der Waals surface area contributed by atoms with E-state index in [1.54, 1.807) is 53.4 Å². The maximum absolute atomic E-state index is 12.7. The number of nitrogens with zero attached hydrogens (tertiary/aromatic N) is 2. The van der Waals surface area contributed by atoms with Crippen LogP contribution < -0.4 is 5.32 Å². The summed E-state index contributed by atoms with van der Waals surface area (Å²) in [6, 6.07) is 13.3. The van der Waals surface area contributed by atoms with Gasteiger partial charge in [-0.1, -0.05) is 29.4 Å². The molecule has 2 aromatic carbocycles. The van der Waals surface area contributed by atoms with E-state index in [2.05, 4.69) is 15.0 Å². The lowest BCUT2D eigenvalue weighted by Crippen LogP contribution is -2.45. The quantitative estimate of drug-likeness (QED) is 0.700. The third-order valence-electron chi connectivity index (χ3n) is 4.35. The number of thioether (sulfide) groups is 1. The minimum Gasteiger partial charge on any atom is -0.465 e. The molecule has 1 aliphatic rings. The van der Waals surface area contributed by atoms with Crippen LogP contribution in [-0.4, -0.2) is 46.8 Å². The van der Waals surface area contributed by atoms with Crippen LogP contribution in [0.15, 0.2) is 53.5 Å². The fraction of sp³-hybridized carbons (Fsp3) is 0.238. The zero-order valence-corrected chi connectivity index (χ0v) is 18.0. The zero-order chi connectivity index (χ0) is 21.7. The lowest BCUT2D eigenvalue weighted by Gasteiger charge is -2.30. The molecule has 3 rings (SSSR count). The molecule has 156 valence electrons. The summed E-state index contributed by atoms with van der Waals surface area (Å²) in [5.74, 6) is -0.906. The van der Waals surface area contributed by atoms with Crippen LogP contribution in [0.3, 0.4) is 0 Å². The Morgan fingerprint density at radius 1 is 1.27 bits per heavy atom. The van der Waals surface area contributed by atoms with Gasteiger partial charge in [0.15, 0.2) is 5.17 Å². The number of carbonyl (C=O) groups is 3. The fourth-order valence-electron chi connectivity index (χ4n) is 2.84. The molecule has 2 aromatic rings. The second-order valence-corrected chi connectivity index (χ2v) is 7.99. The minimum absolute atomic E-state index is 0.0746. The standard InChI is InChI=1S/C21H20ClN3O4S/c1-3-25-18(26)12-17(19(27)23-16-6-4-5-14(22)11-16)30-21(25)24-15-9-7-13(8-10-15)20(28)29-2/h4-11,17H,3,12H2,1-2H3,(H,23,27). The maximum atomic E-state index is 12.7. The summed E-state index contributed by atoms with van der Waals surface area (Å²) in [6.07, 6.45) is 0.0746. The molecule has 1 unspecified atom stereocenters. The maximum Gasteiger partial charge on any atom is 0.337 e. The topological polar surface area (TPSA) is 88.1 Å². The summed E-state index contributed by atoms with van der Waals surface area (Å²) in [5, 5.41) is 3.12. The third-order valence-corrected chi connectivity index (χ3v) is 5.78. The van der Waals surface area contributed by atoms with Crippen molar-refractivity contribution in [2.45, 2.75) is 18.6 Å². The number of aliphatic imine (C=N–C) groups is 1. The van der Waals surface area contributed by atoms with Crippen LogP contribution in [0.2, 0.25) is 5.02 Å². The zero-order valence-electron chi connectivity index (χ0n) is 16.4. The van der Waals surface area contributed by atoms with Crippen LogP contribution >= 0.6 is 23.4 Å². The Labute approximate surface area is 183 Å². The fourth-order valence-corrected chi connectivity index (χ4v) is 4.19. The van der Waals surface area contributed by atoms with Gasteiger partial charge in [0.05, 0.1) is 18.4 Å². The number of methoxy groups -OCH3 is 1. The smallest absolute Gasteiger partial charge is 0.337 e. The van der Waals surface area contributed by atoms with Crippen LogP contribution in [0.25, 0.3) is 0 Å². The number of ether oxygens (including phenoxy) is 1. The number of carbonyl (C=O) groups excluding carboxylic acids is 3. The van der Waals surface area contributed by atoms with E-state index in [-0.39, 0.29) is 18.2 Å². The van der Waals surface area contributed by atoms with Crippen LogP contribution in [0.4, 0.5) is 11.4 Å². The van der Waals surface area contributed by atoms with Crippen LogP contribution in [0.1, 0.15) is 23.7 Å². The van der Waals surface area contributed by atoms with Gasteiger partial charge in [-0.3, -0.25) is 14.5 Å². The van der Waals surface area contributed by atoms with Gasteiger partial charge < -0.3 is 10.1 Å². The molecule has 1 fully saturated rings. The lowest BCUT2D eigenvalue weighted by atomic mass is 10.2. The van der Waals surface area contributed by atoms with Crippen LogP contribution in [-0.2, 0) is 14.3 Å². The van der Waals surface area contributed by atoms with Crippen molar-refractivity contribution >= 4 is 57.7 Å². The van der Waals surface area contributed by atoms with Gasteiger partial charge in [-0.15, -0.1) is 0 Å². The number of nitrogens with one attached hydrogen (secondary N) is 1. The van der Waals surface area contributed by atoms with Crippen molar-refractivity contribution in [3.63, 3.8) is 0 Å². The first-order valence-electron chi connectivity index (χ1n) is 9.21. The monoisotopic (exact) mass is 445 g/mol. The normalized spacial score (nSPS) is 17.7. The number of amidine groups is 1. The van der Waals surface area contributed by atoms with Crippen molar-refractivity contribution < 1.29 is 19.1 Å². The summed E-state index contributed by atoms with van der Waals surface area (Å²) in [7, 11) is 1.31. The molecule has 1 atom stereocenters. The SMILES string of the molecule is CCN1C(=O)CC(C(=O)Nc2cccc(Cl)c2)SC1=Nc1ccc(C(=O)OC)cc1. The molecule has 1 aliphatic heterocycles. The van der Waals surface area contributed by atoms with E-state index < -0.39 is 11.2 Å². The van der Waals surface area contributed by atoms with Crippen LogP contribution in [0, 0.1) is 0 Å². The predicted octanol–water partition coefficient (Wildman–Crippen LogP) is 4.11. The van der Waals surface area contributed by atoms with Crippen molar-refractivity contribution in [3.05, 3.63) is 59.1 Å². The van der Waals surface area contributed by atoms with Gasteiger partial charge in [-0.25, -0.2) is 9.79 Å².